The Hall–Kier alpha value is -3.93. The number of rotatable bonds is 4. The number of benzene rings is 2. The Morgan fingerprint density at radius 3 is 2.68 bits per heavy atom. The monoisotopic (exact) mass is 516 g/mol. The maximum Gasteiger partial charge on any atom is 0.416 e. The quantitative estimate of drug-likeness (QED) is 0.607. The molecule has 2 aromatic rings. The van der Waals surface area contributed by atoms with Crippen LogP contribution in [0.4, 0.5) is 29.3 Å². The summed E-state index contributed by atoms with van der Waals surface area (Å²) in [6.45, 7) is 0.150. The van der Waals surface area contributed by atoms with Crippen molar-refractivity contribution in [2.45, 2.75) is 37.5 Å². The normalized spacial score (nSPS) is 21.1. The van der Waals surface area contributed by atoms with Crippen LogP contribution in [0.25, 0.3) is 0 Å². The van der Waals surface area contributed by atoms with Gasteiger partial charge in [-0.1, -0.05) is 6.07 Å². The first-order valence-corrected chi connectivity index (χ1v) is 11.6. The highest BCUT2D eigenvalue weighted by atomic mass is 19.4. The largest absolute Gasteiger partial charge is 0.416 e. The number of methoxy groups -OCH3 is 1. The van der Waals surface area contributed by atoms with Gasteiger partial charge in [0.1, 0.15) is 6.04 Å². The molecule has 1 saturated heterocycles. The zero-order valence-electron chi connectivity index (χ0n) is 19.7. The van der Waals surface area contributed by atoms with Crippen molar-refractivity contribution in [2.24, 2.45) is 0 Å². The van der Waals surface area contributed by atoms with Crippen LogP contribution in [0.5, 0.6) is 0 Å². The number of carbonyl (C=O) groups excluding carboxylic acids is 4. The topological polar surface area (TPSA) is 108 Å². The third kappa shape index (κ3) is 4.41. The Kier molecular flexibility index (Phi) is 6.14. The fourth-order valence-electron chi connectivity index (χ4n) is 5.25. The molecule has 9 nitrogen and oxygen atoms in total. The van der Waals surface area contributed by atoms with Crippen molar-refractivity contribution in [1.29, 1.82) is 0 Å². The molecule has 0 aromatic heterocycles. The lowest BCUT2D eigenvalue weighted by Gasteiger charge is -2.29. The van der Waals surface area contributed by atoms with Crippen LogP contribution in [-0.4, -0.2) is 55.0 Å². The van der Waals surface area contributed by atoms with Gasteiger partial charge < -0.3 is 15.0 Å². The van der Waals surface area contributed by atoms with Crippen LogP contribution in [0.15, 0.2) is 36.4 Å². The molecular formula is C25H23F3N4O5. The Morgan fingerprint density at radius 2 is 1.97 bits per heavy atom. The Bertz CT molecular complexity index is 1310. The van der Waals surface area contributed by atoms with Crippen LogP contribution in [0.3, 0.4) is 0 Å². The maximum atomic E-state index is 13.7. The molecule has 3 aliphatic rings. The van der Waals surface area contributed by atoms with Crippen LogP contribution in [0.2, 0.25) is 0 Å². The van der Waals surface area contributed by atoms with Crippen molar-refractivity contribution >= 4 is 35.1 Å². The van der Waals surface area contributed by atoms with E-state index in [9.17, 15) is 32.3 Å². The smallest absolute Gasteiger partial charge is 0.384 e. The second-order valence-electron chi connectivity index (χ2n) is 9.20. The number of urea groups is 1. The highest BCUT2D eigenvalue weighted by Crippen LogP contribution is 2.45. The number of anilines is 2. The Balaban J connectivity index is 1.36. The Morgan fingerprint density at radius 1 is 1.19 bits per heavy atom. The van der Waals surface area contributed by atoms with Gasteiger partial charge in [-0.2, -0.15) is 13.2 Å². The van der Waals surface area contributed by atoms with Crippen LogP contribution >= 0.6 is 0 Å². The minimum absolute atomic E-state index is 0.00875. The summed E-state index contributed by atoms with van der Waals surface area (Å²) in [7, 11) is 1.39. The van der Waals surface area contributed by atoms with Gasteiger partial charge in [0.25, 0.3) is 5.91 Å². The molecule has 37 heavy (non-hydrogen) atoms. The van der Waals surface area contributed by atoms with E-state index in [2.05, 4.69) is 10.6 Å². The van der Waals surface area contributed by atoms with Crippen LogP contribution in [0, 0.1) is 0 Å². The van der Waals surface area contributed by atoms with Gasteiger partial charge in [0.05, 0.1) is 12.2 Å². The summed E-state index contributed by atoms with van der Waals surface area (Å²) in [5.41, 5.74) is 0.702. The first-order valence-electron chi connectivity index (χ1n) is 11.6. The molecule has 3 heterocycles. The van der Waals surface area contributed by atoms with E-state index in [0.717, 1.165) is 6.07 Å². The zero-order valence-corrected chi connectivity index (χ0v) is 19.7. The predicted octanol–water partition coefficient (Wildman–Crippen LogP) is 3.25. The van der Waals surface area contributed by atoms with E-state index in [1.165, 1.54) is 41.2 Å². The molecule has 3 aliphatic heterocycles. The highest BCUT2D eigenvalue weighted by Gasteiger charge is 2.42. The lowest BCUT2D eigenvalue weighted by atomic mass is 9.96. The lowest BCUT2D eigenvalue weighted by Crippen LogP contribution is -2.52. The fourth-order valence-corrected chi connectivity index (χ4v) is 5.25. The molecule has 2 unspecified atom stereocenters. The van der Waals surface area contributed by atoms with Crippen molar-refractivity contribution in [3.63, 3.8) is 0 Å². The predicted molar refractivity (Wildman–Crippen MR) is 125 cm³/mol. The molecule has 1 fully saturated rings. The third-order valence-electron chi connectivity index (χ3n) is 6.88. The zero-order chi connectivity index (χ0) is 26.5. The van der Waals surface area contributed by atoms with Crippen LogP contribution in [0.1, 0.15) is 45.8 Å². The van der Waals surface area contributed by atoms with Gasteiger partial charge in [-0.3, -0.25) is 24.6 Å². The molecule has 5 rings (SSSR count). The van der Waals surface area contributed by atoms with E-state index in [4.69, 9.17) is 4.74 Å². The van der Waals surface area contributed by atoms with E-state index in [1.54, 1.807) is 6.07 Å². The number of halogens is 3. The Labute approximate surface area is 209 Å². The van der Waals surface area contributed by atoms with Gasteiger partial charge in [0.15, 0.2) is 0 Å². The van der Waals surface area contributed by atoms with E-state index in [0.29, 0.717) is 16.8 Å². The van der Waals surface area contributed by atoms with Gasteiger partial charge in [-0.05, 0) is 47.9 Å². The molecule has 0 aliphatic carbocycles. The highest BCUT2D eigenvalue weighted by molar-refractivity contribution is 6.07. The molecule has 0 radical (unpaired) electrons. The average molecular weight is 516 g/mol. The number of nitrogens with zero attached hydrogens (tertiary/aromatic N) is 2. The summed E-state index contributed by atoms with van der Waals surface area (Å²) in [6.07, 6.45) is -4.22. The molecule has 194 valence electrons. The molecule has 12 heteroatoms. The molecule has 2 atom stereocenters. The summed E-state index contributed by atoms with van der Waals surface area (Å²) < 4.78 is 46.1. The minimum atomic E-state index is -4.58. The average Bonchev–Trinajstić information content (AvgIpc) is 3.36. The number of hydrogen-bond acceptors (Lipinski definition) is 5. The van der Waals surface area contributed by atoms with Gasteiger partial charge in [-0.25, -0.2) is 4.79 Å². The molecule has 5 amide bonds. The molecule has 0 bridgehead atoms. The molecule has 0 saturated carbocycles. The van der Waals surface area contributed by atoms with Gasteiger partial charge in [0, 0.05) is 49.5 Å². The van der Waals surface area contributed by atoms with E-state index >= 15 is 0 Å². The summed E-state index contributed by atoms with van der Waals surface area (Å²) in [5, 5.41) is 4.95. The van der Waals surface area contributed by atoms with Crippen molar-refractivity contribution in [2.75, 3.05) is 30.5 Å². The summed E-state index contributed by atoms with van der Waals surface area (Å²) >= 11 is 0. The van der Waals surface area contributed by atoms with Gasteiger partial charge in [-0.15, -0.1) is 0 Å². The second-order valence-corrected chi connectivity index (χ2v) is 9.20. The SMILES string of the molecule is COCC1CN(C(=O)Nc2ccc3c(c2)CN(C2CCC(=O)NC2=O)C3=O)c2cccc(C(F)(F)F)c21. The number of ether oxygens (including phenoxy) is 1. The first kappa shape index (κ1) is 24.8. The maximum absolute atomic E-state index is 13.7. The van der Waals surface area contributed by atoms with E-state index in [-0.39, 0.29) is 55.6 Å². The fraction of sp³-hybridized carbons (Fsp3) is 0.360. The molecule has 0 spiro atoms. The van der Waals surface area contributed by atoms with E-state index < -0.39 is 35.6 Å². The summed E-state index contributed by atoms with van der Waals surface area (Å²) in [4.78, 5) is 52.4. The number of fused-ring (bicyclic) bond motifs is 2. The number of hydrogen-bond donors (Lipinski definition) is 2. The number of amides is 5. The molecule has 2 aromatic carbocycles. The number of piperidine rings is 1. The summed E-state index contributed by atoms with van der Waals surface area (Å²) in [5.74, 6) is -1.90. The van der Waals surface area contributed by atoms with E-state index in [1.807, 2.05) is 0 Å². The van der Waals surface area contributed by atoms with Crippen molar-refractivity contribution in [1.82, 2.24) is 10.2 Å². The number of alkyl halides is 3. The number of imide groups is 1. The van der Waals surface area contributed by atoms with Gasteiger partial charge >= 0.3 is 12.2 Å². The standard InChI is InChI=1S/C25H23F3N4O5/c1-37-12-14-11-32(18-4-2-3-17(21(14)18)25(26,27)28)24(36)29-15-5-6-16-13(9-15)10-31(23(16)35)19-7-8-20(33)30-22(19)34/h2-6,9,14,19H,7-8,10-12H2,1H3,(H,29,36)(H,30,33,34). The molecular weight excluding hydrogens is 493 g/mol. The molecule has 2 N–H and O–H groups in total. The summed E-state index contributed by atoms with van der Waals surface area (Å²) in [6, 6.07) is 7.01. The lowest BCUT2D eigenvalue weighted by molar-refractivity contribution is -0.139. The van der Waals surface area contributed by atoms with Crippen molar-refractivity contribution in [3.05, 3.63) is 58.7 Å². The van der Waals surface area contributed by atoms with Crippen LogP contribution < -0.4 is 15.5 Å². The third-order valence-corrected chi connectivity index (χ3v) is 6.88. The number of nitrogens with one attached hydrogen (secondary N) is 2. The van der Waals surface area contributed by atoms with Crippen LogP contribution in [-0.2, 0) is 27.0 Å². The van der Waals surface area contributed by atoms with Gasteiger partial charge in [0.2, 0.25) is 11.8 Å². The van der Waals surface area contributed by atoms with Crippen molar-refractivity contribution < 1.29 is 37.1 Å². The first-order chi connectivity index (χ1) is 17.6. The minimum Gasteiger partial charge on any atom is -0.384 e. The van der Waals surface area contributed by atoms with Crippen molar-refractivity contribution in [3.8, 4) is 0 Å². The number of carbonyl (C=O) groups is 4. The second kappa shape index (κ2) is 9.18.